The first-order chi connectivity index (χ1) is 16.3. The Kier molecular flexibility index (Phi) is 6.85. The molecule has 0 unspecified atom stereocenters. The van der Waals surface area contributed by atoms with Gasteiger partial charge in [-0.2, -0.15) is 0 Å². The molecule has 0 saturated carbocycles. The van der Waals surface area contributed by atoms with Crippen molar-refractivity contribution >= 4 is 52.0 Å². The molecular formula is C24H19ClFN3O4S. The third kappa shape index (κ3) is 4.76. The van der Waals surface area contributed by atoms with Crippen LogP contribution in [0.15, 0.2) is 75.8 Å². The van der Waals surface area contributed by atoms with Gasteiger partial charge in [-0.3, -0.25) is 14.5 Å². The van der Waals surface area contributed by atoms with Gasteiger partial charge < -0.3 is 10.1 Å². The molecule has 2 aliphatic rings. The molecule has 0 spiro atoms. The van der Waals surface area contributed by atoms with Crippen LogP contribution in [-0.2, 0) is 19.1 Å². The van der Waals surface area contributed by atoms with Crippen LogP contribution in [0.25, 0.3) is 0 Å². The Bertz CT molecular complexity index is 1260. The summed E-state index contributed by atoms with van der Waals surface area (Å²) in [6.07, 6.45) is 1.19. The van der Waals surface area contributed by atoms with Crippen molar-refractivity contribution in [2.45, 2.75) is 19.9 Å². The van der Waals surface area contributed by atoms with E-state index in [1.54, 1.807) is 38.1 Å². The summed E-state index contributed by atoms with van der Waals surface area (Å²) in [7, 11) is 0. The minimum Gasteiger partial charge on any atom is -0.463 e. The van der Waals surface area contributed by atoms with E-state index in [0.717, 1.165) is 11.8 Å². The molecule has 0 aliphatic carbocycles. The Labute approximate surface area is 204 Å². The number of anilines is 1. The van der Waals surface area contributed by atoms with E-state index in [1.165, 1.54) is 35.2 Å². The number of aliphatic imine (C=N–C) groups is 1. The van der Waals surface area contributed by atoms with Crippen molar-refractivity contribution in [1.82, 2.24) is 4.90 Å². The highest BCUT2D eigenvalue weighted by molar-refractivity contribution is 8.18. The molecule has 7 nitrogen and oxygen atoms in total. The fourth-order valence-electron chi connectivity index (χ4n) is 3.56. The molecule has 0 bridgehead atoms. The van der Waals surface area contributed by atoms with Crippen molar-refractivity contribution in [2.75, 3.05) is 11.9 Å². The molecule has 2 aliphatic heterocycles. The number of hydrogen-bond acceptors (Lipinski definition) is 6. The maximum absolute atomic E-state index is 13.6. The summed E-state index contributed by atoms with van der Waals surface area (Å²) in [4.78, 5) is 44.7. The summed E-state index contributed by atoms with van der Waals surface area (Å²) in [5, 5.41) is 3.48. The summed E-state index contributed by atoms with van der Waals surface area (Å²) in [5.74, 6) is -2.10. The number of carbonyl (C=O) groups is 3. The van der Waals surface area contributed by atoms with Gasteiger partial charge in [0.1, 0.15) is 5.82 Å². The maximum atomic E-state index is 13.6. The predicted molar refractivity (Wildman–Crippen MR) is 129 cm³/mol. The van der Waals surface area contributed by atoms with Gasteiger partial charge in [0.2, 0.25) is 0 Å². The fraction of sp³-hybridized carbons (Fsp3) is 0.167. The van der Waals surface area contributed by atoms with Crippen molar-refractivity contribution in [3.05, 3.63) is 87.2 Å². The topological polar surface area (TPSA) is 88.1 Å². The van der Waals surface area contributed by atoms with Crippen molar-refractivity contribution < 1.29 is 23.5 Å². The van der Waals surface area contributed by atoms with Gasteiger partial charge in [0.15, 0.2) is 5.17 Å². The average Bonchev–Trinajstić information content (AvgIpc) is 2.80. The lowest BCUT2D eigenvalue weighted by Crippen LogP contribution is -2.45. The van der Waals surface area contributed by atoms with E-state index >= 15 is 0 Å². The number of amides is 2. The summed E-state index contributed by atoms with van der Waals surface area (Å²) < 4.78 is 18.8. The zero-order valence-corrected chi connectivity index (χ0v) is 19.7. The van der Waals surface area contributed by atoms with Gasteiger partial charge in [0.25, 0.3) is 11.8 Å². The van der Waals surface area contributed by atoms with Gasteiger partial charge in [-0.15, -0.1) is 0 Å². The molecule has 174 valence electrons. The summed E-state index contributed by atoms with van der Waals surface area (Å²) in [5.41, 5.74) is 1.54. The molecule has 2 amide bonds. The number of carbonyl (C=O) groups excluding carboxylic acids is 3. The highest BCUT2D eigenvalue weighted by Gasteiger charge is 2.42. The Morgan fingerprint density at radius 2 is 1.85 bits per heavy atom. The minimum absolute atomic E-state index is 0.139. The number of esters is 1. The second-order valence-electron chi connectivity index (χ2n) is 7.35. The van der Waals surface area contributed by atoms with E-state index in [1.807, 2.05) is 0 Å². The molecular weight excluding hydrogens is 481 g/mol. The number of amidine groups is 1. The van der Waals surface area contributed by atoms with Gasteiger partial charge in [-0.05, 0) is 67.6 Å². The molecule has 1 atom stereocenters. The monoisotopic (exact) mass is 499 g/mol. The number of fused-ring (bicyclic) bond motifs is 1. The number of halogens is 2. The van der Waals surface area contributed by atoms with Gasteiger partial charge in [-0.25, -0.2) is 14.2 Å². The Hall–Kier alpha value is -3.43. The molecule has 0 aromatic heterocycles. The Morgan fingerprint density at radius 3 is 2.50 bits per heavy atom. The van der Waals surface area contributed by atoms with Crippen LogP contribution in [0.5, 0.6) is 0 Å². The first-order valence-corrected chi connectivity index (χ1v) is 11.5. The summed E-state index contributed by atoms with van der Waals surface area (Å²) >= 11 is 6.88. The third-order valence-electron chi connectivity index (χ3n) is 5.09. The number of ether oxygens (including phenoxy) is 1. The average molecular weight is 500 g/mol. The predicted octanol–water partition coefficient (Wildman–Crippen LogP) is 4.82. The Balaban J connectivity index is 1.71. The number of hydrogen-bond donors (Lipinski definition) is 1. The SMILES string of the molecule is CCOC(=O)C1=C(C)N=C2SC(C(=O)Nc3ccc(Cl)cc3)=CC(=O)N2[C@@H]1c1ccc(F)cc1. The quantitative estimate of drug-likeness (QED) is 0.596. The van der Waals surface area contributed by atoms with Crippen molar-refractivity contribution in [1.29, 1.82) is 0 Å². The molecule has 4 rings (SSSR count). The van der Waals surface area contributed by atoms with E-state index in [0.29, 0.717) is 22.0 Å². The first kappa shape index (κ1) is 23.7. The number of rotatable bonds is 5. The van der Waals surface area contributed by atoms with Gasteiger partial charge >= 0.3 is 5.97 Å². The normalized spacial score (nSPS) is 17.6. The number of allylic oxidation sites excluding steroid dienone is 1. The van der Waals surface area contributed by atoms with Crippen molar-refractivity contribution in [2.24, 2.45) is 4.99 Å². The van der Waals surface area contributed by atoms with E-state index in [2.05, 4.69) is 10.3 Å². The second-order valence-corrected chi connectivity index (χ2v) is 8.79. The van der Waals surface area contributed by atoms with Crippen molar-refractivity contribution in [3.63, 3.8) is 0 Å². The maximum Gasteiger partial charge on any atom is 0.338 e. The number of nitrogens with one attached hydrogen (secondary N) is 1. The van der Waals surface area contributed by atoms with Gasteiger partial charge in [-0.1, -0.05) is 23.7 Å². The molecule has 1 N–H and O–H groups in total. The molecule has 34 heavy (non-hydrogen) atoms. The van der Waals surface area contributed by atoms with Crippen LogP contribution in [-0.4, -0.2) is 34.5 Å². The fourth-order valence-corrected chi connectivity index (χ4v) is 4.67. The van der Waals surface area contributed by atoms with Crippen LogP contribution in [0.1, 0.15) is 25.5 Å². The molecule has 0 saturated heterocycles. The van der Waals surface area contributed by atoms with Crippen LogP contribution in [0.4, 0.5) is 10.1 Å². The van der Waals surface area contributed by atoms with E-state index in [4.69, 9.17) is 16.3 Å². The lowest BCUT2D eigenvalue weighted by Gasteiger charge is -2.38. The summed E-state index contributed by atoms with van der Waals surface area (Å²) in [6, 6.07) is 11.2. The van der Waals surface area contributed by atoms with E-state index in [-0.39, 0.29) is 22.3 Å². The van der Waals surface area contributed by atoms with Crippen LogP contribution >= 0.6 is 23.4 Å². The lowest BCUT2D eigenvalue weighted by atomic mass is 9.94. The highest BCUT2D eigenvalue weighted by Crippen LogP contribution is 2.42. The summed E-state index contributed by atoms with van der Waals surface area (Å²) in [6.45, 7) is 3.44. The van der Waals surface area contributed by atoms with Crippen molar-refractivity contribution in [3.8, 4) is 0 Å². The van der Waals surface area contributed by atoms with Gasteiger partial charge in [0, 0.05) is 16.8 Å². The molecule has 2 aromatic rings. The van der Waals surface area contributed by atoms with Crippen LogP contribution < -0.4 is 5.32 Å². The Morgan fingerprint density at radius 1 is 1.18 bits per heavy atom. The zero-order valence-electron chi connectivity index (χ0n) is 18.2. The van der Waals surface area contributed by atoms with Crippen LogP contribution in [0.2, 0.25) is 5.02 Å². The minimum atomic E-state index is -0.885. The smallest absolute Gasteiger partial charge is 0.338 e. The lowest BCUT2D eigenvalue weighted by molar-refractivity contribution is -0.139. The molecule has 0 fully saturated rings. The first-order valence-electron chi connectivity index (χ1n) is 10.3. The third-order valence-corrected chi connectivity index (χ3v) is 6.34. The van der Waals surface area contributed by atoms with Gasteiger partial charge in [0.05, 0.1) is 28.8 Å². The van der Waals surface area contributed by atoms with Crippen LogP contribution in [0, 0.1) is 5.82 Å². The highest BCUT2D eigenvalue weighted by atomic mass is 35.5. The molecule has 2 aromatic carbocycles. The number of nitrogens with zero attached hydrogens (tertiary/aromatic N) is 2. The molecule has 10 heteroatoms. The molecule has 0 radical (unpaired) electrons. The van der Waals surface area contributed by atoms with E-state index < -0.39 is 29.6 Å². The van der Waals surface area contributed by atoms with E-state index in [9.17, 15) is 18.8 Å². The zero-order chi connectivity index (χ0) is 24.4. The standard InChI is InChI=1S/C24H19ClFN3O4S/c1-3-33-23(32)20-13(2)27-24-29(21(20)14-4-8-16(26)9-5-14)19(30)12-18(34-24)22(31)28-17-10-6-15(25)7-11-17/h4-12,21H,3H2,1-2H3,(H,28,31)/t21-/m1/s1. The second kappa shape index (κ2) is 9.82. The molecule has 2 heterocycles. The number of benzene rings is 2. The van der Waals surface area contributed by atoms with Crippen LogP contribution in [0.3, 0.4) is 0 Å². The largest absolute Gasteiger partial charge is 0.463 e. The number of thioether (sulfide) groups is 1.